The largest absolute Gasteiger partial charge is 0.373 e. The van der Waals surface area contributed by atoms with Crippen LogP contribution in [0.4, 0.5) is 0 Å². The molecule has 29 heavy (non-hydrogen) atoms. The van der Waals surface area contributed by atoms with Gasteiger partial charge in [-0.05, 0) is 53.0 Å². The smallest absolute Gasteiger partial charge is 0.191 e. The van der Waals surface area contributed by atoms with Crippen molar-refractivity contribution in [3.05, 3.63) is 35.4 Å². The minimum atomic E-state index is -0.864. The Labute approximate surface area is 196 Å². The van der Waals surface area contributed by atoms with E-state index >= 15 is 0 Å². The van der Waals surface area contributed by atoms with E-state index in [0.717, 1.165) is 38.5 Å². The van der Waals surface area contributed by atoms with Gasteiger partial charge >= 0.3 is 0 Å². The molecule has 0 radical (unpaired) electrons. The summed E-state index contributed by atoms with van der Waals surface area (Å²) in [5.74, 6) is 1.78. The number of hydrogen-bond acceptors (Lipinski definition) is 3. The van der Waals surface area contributed by atoms with Crippen LogP contribution in [0.2, 0.25) is 0 Å². The standard InChI is InChI=1S/C22H37N3O2S.HI/c1-6-23-21(24-13-15-28(26)22(3,4)5)25-16-19-8-7-14-27-20(19)18-11-9-17(2)10-12-18;/h9-12,19-20H,6-8,13-16H2,1-5H3,(H2,23,24,25);1H. The third-order valence-electron chi connectivity index (χ3n) is 4.94. The number of rotatable bonds is 7. The van der Waals surface area contributed by atoms with Gasteiger partial charge in [0.1, 0.15) is 0 Å². The molecule has 1 aromatic carbocycles. The Morgan fingerprint density at radius 2 is 1.93 bits per heavy atom. The fourth-order valence-electron chi connectivity index (χ4n) is 3.27. The average molecular weight is 536 g/mol. The average Bonchev–Trinajstić information content (AvgIpc) is 2.66. The number of benzene rings is 1. The first kappa shape index (κ1) is 26.4. The number of halogens is 1. The maximum absolute atomic E-state index is 12.2. The molecule has 0 amide bonds. The van der Waals surface area contributed by atoms with E-state index in [4.69, 9.17) is 9.73 Å². The predicted molar refractivity (Wildman–Crippen MR) is 135 cm³/mol. The Hall–Kier alpha value is -0.670. The lowest BCUT2D eigenvalue weighted by Crippen LogP contribution is -2.41. The number of guanidine groups is 1. The van der Waals surface area contributed by atoms with E-state index < -0.39 is 10.8 Å². The number of aliphatic imine (C=N–C) groups is 1. The molecule has 3 unspecified atom stereocenters. The molecular weight excluding hydrogens is 497 g/mol. The summed E-state index contributed by atoms with van der Waals surface area (Å²) in [7, 11) is -0.864. The van der Waals surface area contributed by atoms with Crippen molar-refractivity contribution in [2.24, 2.45) is 10.9 Å². The van der Waals surface area contributed by atoms with Gasteiger partial charge < -0.3 is 15.4 Å². The third kappa shape index (κ3) is 8.92. The van der Waals surface area contributed by atoms with Crippen LogP contribution < -0.4 is 10.6 Å². The Morgan fingerprint density at radius 3 is 2.55 bits per heavy atom. The molecule has 2 N–H and O–H groups in total. The van der Waals surface area contributed by atoms with Crippen molar-refractivity contribution in [3.63, 3.8) is 0 Å². The molecule has 1 saturated heterocycles. The van der Waals surface area contributed by atoms with Gasteiger partial charge in [-0.2, -0.15) is 0 Å². The maximum Gasteiger partial charge on any atom is 0.191 e. The molecule has 166 valence electrons. The zero-order valence-corrected chi connectivity index (χ0v) is 21.6. The van der Waals surface area contributed by atoms with Gasteiger partial charge in [-0.25, -0.2) is 0 Å². The molecule has 1 heterocycles. The van der Waals surface area contributed by atoms with Crippen LogP contribution in [-0.2, 0) is 15.5 Å². The van der Waals surface area contributed by atoms with Crippen molar-refractivity contribution >= 4 is 40.7 Å². The van der Waals surface area contributed by atoms with E-state index in [1.165, 1.54) is 11.1 Å². The fourth-order valence-corrected chi connectivity index (χ4v) is 4.17. The summed E-state index contributed by atoms with van der Waals surface area (Å²) in [5, 5.41) is 6.63. The van der Waals surface area contributed by atoms with E-state index in [0.29, 0.717) is 18.2 Å². The summed E-state index contributed by atoms with van der Waals surface area (Å²) in [6, 6.07) is 8.64. The van der Waals surface area contributed by atoms with Gasteiger partial charge in [0.2, 0.25) is 0 Å². The van der Waals surface area contributed by atoms with Crippen LogP contribution in [0.1, 0.15) is 57.8 Å². The molecule has 1 fully saturated rings. The minimum Gasteiger partial charge on any atom is -0.373 e. The van der Waals surface area contributed by atoms with E-state index in [9.17, 15) is 4.21 Å². The number of aryl methyl sites for hydroxylation is 1. The molecule has 0 saturated carbocycles. The first-order chi connectivity index (χ1) is 13.3. The van der Waals surface area contributed by atoms with Gasteiger partial charge in [0.05, 0.1) is 6.10 Å². The first-order valence-electron chi connectivity index (χ1n) is 10.4. The van der Waals surface area contributed by atoms with Gasteiger partial charge in [0.15, 0.2) is 5.96 Å². The highest BCUT2D eigenvalue weighted by atomic mass is 127. The summed E-state index contributed by atoms with van der Waals surface area (Å²) in [6.45, 7) is 13.2. The number of nitrogens with zero attached hydrogens (tertiary/aromatic N) is 1. The Kier molecular flexibility index (Phi) is 11.7. The molecule has 5 nitrogen and oxygen atoms in total. The van der Waals surface area contributed by atoms with E-state index in [1.807, 2.05) is 20.8 Å². The lowest BCUT2D eigenvalue weighted by atomic mass is 9.89. The zero-order chi connectivity index (χ0) is 20.6. The molecule has 1 aliphatic rings. The van der Waals surface area contributed by atoms with Gasteiger partial charge in [0.25, 0.3) is 0 Å². The second-order valence-corrected chi connectivity index (χ2v) is 10.7. The van der Waals surface area contributed by atoms with Crippen LogP contribution in [0.3, 0.4) is 0 Å². The predicted octanol–water partition coefficient (Wildman–Crippen LogP) is 4.18. The van der Waals surface area contributed by atoms with Gasteiger partial charge in [-0.3, -0.25) is 9.20 Å². The van der Waals surface area contributed by atoms with Crippen LogP contribution in [0.5, 0.6) is 0 Å². The number of hydrogen-bond donors (Lipinski definition) is 2. The van der Waals surface area contributed by atoms with E-state index in [1.54, 1.807) is 0 Å². The van der Waals surface area contributed by atoms with E-state index in [2.05, 4.69) is 48.7 Å². The number of ether oxygens (including phenoxy) is 1. The van der Waals surface area contributed by atoms with Crippen molar-refractivity contribution in [3.8, 4) is 0 Å². The van der Waals surface area contributed by atoms with Crippen LogP contribution >= 0.6 is 24.0 Å². The van der Waals surface area contributed by atoms with Gasteiger partial charge in [0, 0.05) is 53.5 Å². The molecule has 1 aromatic rings. The fraction of sp³-hybridized carbons (Fsp3) is 0.682. The summed E-state index contributed by atoms with van der Waals surface area (Å²) < 4.78 is 18.2. The molecule has 0 spiro atoms. The van der Waals surface area contributed by atoms with Crippen LogP contribution in [-0.4, -0.2) is 46.9 Å². The highest BCUT2D eigenvalue weighted by Crippen LogP contribution is 2.33. The number of nitrogens with one attached hydrogen (secondary N) is 2. The van der Waals surface area contributed by atoms with E-state index in [-0.39, 0.29) is 34.8 Å². The van der Waals surface area contributed by atoms with Crippen molar-refractivity contribution in [1.82, 2.24) is 10.6 Å². The molecular formula is C22H38IN3O2S. The maximum atomic E-state index is 12.2. The SMILES string of the molecule is CCNC(=NCC1CCCOC1c1ccc(C)cc1)NCCS(=O)C(C)(C)C.I. The summed E-state index contributed by atoms with van der Waals surface area (Å²) in [5.41, 5.74) is 2.50. The molecule has 0 aliphatic carbocycles. The topological polar surface area (TPSA) is 62.7 Å². The lowest BCUT2D eigenvalue weighted by molar-refractivity contribution is -0.0250. The molecule has 0 bridgehead atoms. The van der Waals surface area contributed by atoms with Crippen molar-refractivity contribution in [2.45, 2.75) is 58.3 Å². The molecule has 2 rings (SSSR count). The van der Waals surface area contributed by atoms with Crippen LogP contribution in [0, 0.1) is 12.8 Å². The molecule has 7 heteroatoms. The van der Waals surface area contributed by atoms with Crippen molar-refractivity contribution < 1.29 is 8.95 Å². The van der Waals surface area contributed by atoms with Gasteiger partial charge in [-0.1, -0.05) is 29.8 Å². The normalized spacial score (nSPS) is 21.2. The van der Waals surface area contributed by atoms with Crippen molar-refractivity contribution in [1.29, 1.82) is 0 Å². The van der Waals surface area contributed by atoms with Crippen molar-refractivity contribution in [2.75, 3.05) is 32.0 Å². The molecule has 3 atom stereocenters. The summed E-state index contributed by atoms with van der Waals surface area (Å²) >= 11 is 0. The van der Waals surface area contributed by atoms with Crippen LogP contribution in [0.15, 0.2) is 29.3 Å². The highest BCUT2D eigenvalue weighted by Gasteiger charge is 2.27. The second kappa shape index (κ2) is 12.9. The minimum absolute atomic E-state index is 0. The Bertz CT molecular complexity index is 659. The Balaban J connectivity index is 0.00000420. The first-order valence-corrected chi connectivity index (χ1v) is 11.7. The Morgan fingerprint density at radius 1 is 1.24 bits per heavy atom. The quantitative estimate of drug-likeness (QED) is 0.313. The molecule has 0 aromatic heterocycles. The lowest BCUT2D eigenvalue weighted by Gasteiger charge is -2.31. The van der Waals surface area contributed by atoms with Gasteiger partial charge in [-0.15, -0.1) is 24.0 Å². The zero-order valence-electron chi connectivity index (χ0n) is 18.5. The third-order valence-corrected chi connectivity index (χ3v) is 6.88. The summed E-state index contributed by atoms with van der Waals surface area (Å²) in [6.07, 6.45) is 2.31. The summed E-state index contributed by atoms with van der Waals surface area (Å²) in [4.78, 5) is 4.80. The molecule has 1 aliphatic heterocycles. The monoisotopic (exact) mass is 535 g/mol. The highest BCUT2D eigenvalue weighted by molar-refractivity contribution is 14.0. The van der Waals surface area contributed by atoms with Crippen LogP contribution in [0.25, 0.3) is 0 Å². The second-order valence-electron chi connectivity index (χ2n) is 8.41.